The second-order valence-electron chi connectivity index (χ2n) is 8.78. The lowest BCUT2D eigenvalue weighted by Gasteiger charge is -2.09. The summed E-state index contributed by atoms with van der Waals surface area (Å²) in [6.07, 6.45) is 7.40. The van der Waals surface area contributed by atoms with E-state index in [9.17, 15) is 9.59 Å². The Labute approximate surface area is 240 Å². The highest BCUT2D eigenvalue weighted by Crippen LogP contribution is 2.07. The molecule has 0 rings (SSSR count). The fourth-order valence-electron chi connectivity index (χ4n) is 3.14. The van der Waals surface area contributed by atoms with Crippen LogP contribution in [0.2, 0.25) is 0 Å². The summed E-state index contributed by atoms with van der Waals surface area (Å²) in [6, 6.07) is 0. The monoisotopic (exact) mass is 582 g/mol. The van der Waals surface area contributed by atoms with Crippen LogP contribution in [0, 0.1) is 0 Å². The van der Waals surface area contributed by atoms with Gasteiger partial charge in [-0.3, -0.25) is 9.59 Å². The summed E-state index contributed by atoms with van der Waals surface area (Å²) < 4.78 is 48.1. The molecule has 0 aliphatic heterocycles. The molecule has 0 unspecified atom stereocenters. The molecule has 0 aromatic rings. The Kier molecular flexibility index (Phi) is 32.7. The molecular weight excluding hydrogens is 528 g/mol. The number of hydrogen-bond acceptors (Lipinski definition) is 11. The van der Waals surface area contributed by atoms with Gasteiger partial charge in [0, 0.05) is 6.42 Å². The second kappa shape index (κ2) is 33.8. The normalized spacial score (nSPS) is 11.2. The SMILES string of the molecule is CCCCCCCCC(=O)OCCOCCOCCOCCOCCOCCOCCOCCOCCC(=O)O. The first kappa shape index (κ1) is 38.6. The van der Waals surface area contributed by atoms with Crippen LogP contribution in [0.5, 0.6) is 0 Å². The van der Waals surface area contributed by atoms with E-state index in [1.165, 1.54) is 25.7 Å². The molecule has 0 saturated carbocycles. The molecule has 12 heteroatoms. The lowest BCUT2D eigenvalue weighted by atomic mass is 10.1. The van der Waals surface area contributed by atoms with Crippen molar-refractivity contribution in [1.82, 2.24) is 0 Å². The van der Waals surface area contributed by atoms with Crippen LogP contribution in [0.1, 0.15) is 58.3 Å². The fourth-order valence-corrected chi connectivity index (χ4v) is 3.14. The average Bonchev–Trinajstić information content (AvgIpc) is 2.94. The van der Waals surface area contributed by atoms with Gasteiger partial charge in [0.15, 0.2) is 0 Å². The van der Waals surface area contributed by atoms with Gasteiger partial charge in [-0.25, -0.2) is 0 Å². The number of unbranched alkanes of at least 4 members (excludes halogenated alkanes) is 5. The highest BCUT2D eigenvalue weighted by Gasteiger charge is 2.02. The summed E-state index contributed by atoms with van der Waals surface area (Å²) >= 11 is 0. The fraction of sp³-hybridized carbons (Fsp3) is 0.929. The van der Waals surface area contributed by atoms with Crippen LogP contribution in [-0.2, 0) is 52.2 Å². The Bertz CT molecular complexity index is 535. The highest BCUT2D eigenvalue weighted by molar-refractivity contribution is 5.69. The second-order valence-corrected chi connectivity index (χ2v) is 8.78. The molecule has 0 saturated heterocycles. The Balaban J connectivity index is 3.10. The first-order valence-corrected chi connectivity index (χ1v) is 14.7. The van der Waals surface area contributed by atoms with Gasteiger partial charge in [-0.2, -0.15) is 0 Å². The Hall–Kier alpha value is -1.38. The van der Waals surface area contributed by atoms with Crippen molar-refractivity contribution in [1.29, 1.82) is 0 Å². The average molecular weight is 583 g/mol. The molecule has 12 nitrogen and oxygen atoms in total. The smallest absolute Gasteiger partial charge is 0.305 e. The van der Waals surface area contributed by atoms with Crippen molar-refractivity contribution in [3.8, 4) is 0 Å². The summed E-state index contributed by atoms with van der Waals surface area (Å²) in [7, 11) is 0. The van der Waals surface area contributed by atoms with Crippen molar-refractivity contribution < 1.29 is 57.3 Å². The Morgan fingerprint density at radius 2 is 0.750 bits per heavy atom. The molecule has 40 heavy (non-hydrogen) atoms. The van der Waals surface area contributed by atoms with Crippen molar-refractivity contribution in [2.45, 2.75) is 58.3 Å². The molecule has 0 aliphatic carbocycles. The number of ether oxygens (including phenoxy) is 9. The minimum absolute atomic E-state index is 0.00209. The summed E-state index contributed by atoms with van der Waals surface area (Å²) in [5, 5.41) is 8.47. The van der Waals surface area contributed by atoms with Crippen LogP contribution in [0.3, 0.4) is 0 Å². The number of aliphatic carboxylic acids is 1. The van der Waals surface area contributed by atoms with Crippen LogP contribution in [0.25, 0.3) is 0 Å². The number of hydrogen-bond donors (Lipinski definition) is 1. The van der Waals surface area contributed by atoms with Crippen molar-refractivity contribution in [3.05, 3.63) is 0 Å². The number of carboxylic acids is 1. The first-order chi connectivity index (χ1) is 19.7. The van der Waals surface area contributed by atoms with Crippen LogP contribution in [-0.4, -0.2) is 129 Å². The molecule has 0 heterocycles. The summed E-state index contributed by atoms with van der Waals surface area (Å²) in [6.45, 7) is 9.47. The molecular formula is C28H54O12. The number of esters is 1. The van der Waals surface area contributed by atoms with Gasteiger partial charge in [-0.15, -0.1) is 0 Å². The maximum Gasteiger partial charge on any atom is 0.305 e. The van der Waals surface area contributed by atoms with Crippen LogP contribution < -0.4 is 0 Å². The van der Waals surface area contributed by atoms with Crippen LogP contribution in [0.4, 0.5) is 0 Å². The minimum atomic E-state index is -0.874. The van der Waals surface area contributed by atoms with Crippen LogP contribution >= 0.6 is 0 Å². The predicted octanol–water partition coefficient (Wildman–Crippen LogP) is 2.89. The molecule has 0 atom stereocenters. The third-order valence-electron chi connectivity index (χ3n) is 5.29. The van der Waals surface area contributed by atoms with E-state index in [0.717, 1.165) is 12.8 Å². The Morgan fingerprint density at radius 1 is 0.425 bits per heavy atom. The standard InChI is InChI=1S/C28H54O12/c1-2-3-4-5-6-7-8-28(31)40-26-25-39-24-23-38-22-21-37-20-19-36-18-17-35-16-15-34-14-13-33-12-11-32-10-9-27(29)30/h2-26H2,1H3,(H,29,30). The summed E-state index contributed by atoms with van der Waals surface area (Å²) in [4.78, 5) is 21.9. The van der Waals surface area contributed by atoms with E-state index in [1.54, 1.807) is 0 Å². The number of carbonyl (C=O) groups excluding carboxylic acids is 1. The molecule has 0 aromatic heterocycles. The van der Waals surface area contributed by atoms with Gasteiger partial charge in [0.05, 0.1) is 112 Å². The molecule has 0 spiro atoms. The predicted molar refractivity (Wildman–Crippen MR) is 148 cm³/mol. The maximum absolute atomic E-state index is 11.6. The highest BCUT2D eigenvalue weighted by atomic mass is 16.6. The molecule has 238 valence electrons. The van der Waals surface area contributed by atoms with Gasteiger partial charge in [-0.1, -0.05) is 39.0 Å². The molecule has 0 amide bonds. The number of rotatable bonds is 34. The quantitative estimate of drug-likeness (QED) is 0.0882. The van der Waals surface area contributed by atoms with Crippen LogP contribution in [0.15, 0.2) is 0 Å². The van der Waals surface area contributed by atoms with Crippen molar-refractivity contribution in [3.63, 3.8) is 0 Å². The molecule has 0 aromatic carbocycles. The first-order valence-electron chi connectivity index (χ1n) is 14.7. The molecule has 0 radical (unpaired) electrons. The van der Waals surface area contributed by atoms with Crippen molar-refractivity contribution in [2.75, 3.05) is 112 Å². The lowest BCUT2D eigenvalue weighted by molar-refractivity contribution is -0.145. The van der Waals surface area contributed by atoms with Gasteiger partial charge in [-0.05, 0) is 6.42 Å². The van der Waals surface area contributed by atoms with E-state index in [-0.39, 0.29) is 25.6 Å². The topological polar surface area (TPSA) is 137 Å². The number of carboxylic acid groups (broad SMARTS) is 1. The zero-order valence-corrected chi connectivity index (χ0v) is 24.6. The number of carbonyl (C=O) groups is 2. The van der Waals surface area contributed by atoms with E-state index in [2.05, 4.69) is 6.92 Å². The zero-order chi connectivity index (χ0) is 29.2. The third kappa shape index (κ3) is 34.6. The van der Waals surface area contributed by atoms with Gasteiger partial charge in [0.25, 0.3) is 0 Å². The molecule has 0 aliphatic rings. The summed E-state index contributed by atoms with van der Waals surface area (Å²) in [5.74, 6) is -1.02. The molecule has 1 N–H and O–H groups in total. The van der Waals surface area contributed by atoms with Gasteiger partial charge < -0.3 is 47.7 Å². The van der Waals surface area contributed by atoms with Gasteiger partial charge >= 0.3 is 11.9 Å². The van der Waals surface area contributed by atoms with E-state index >= 15 is 0 Å². The van der Waals surface area contributed by atoms with E-state index in [4.69, 9.17) is 47.7 Å². The van der Waals surface area contributed by atoms with Crippen molar-refractivity contribution >= 4 is 11.9 Å². The zero-order valence-electron chi connectivity index (χ0n) is 24.6. The molecule has 0 fully saturated rings. The summed E-state index contributed by atoms with van der Waals surface area (Å²) in [5.41, 5.74) is 0. The van der Waals surface area contributed by atoms with E-state index in [0.29, 0.717) is 106 Å². The van der Waals surface area contributed by atoms with Gasteiger partial charge in [0.1, 0.15) is 6.61 Å². The maximum atomic E-state index is 11.6. The largest absolute Gasteiger partial charge is 0.481 e. The third-order valence-corrected chi connectivity index (χ3v) is 5.29. The van der Waals surface area contributed by atoms with E-state index < -0.39 is 5.97 Å². The minimum Gasteiger partial charge on any atom is -0.481 e. The van der Waals surface area contributed by atoms with E-state index in [1.807, 2.05) is 0 Å². The van der Waals surface area contributed by atoms with Gasteiger partial charge in [0.2, 0.25) is 0 Å². The van der Waals surface area contributed by atoms with Crippen molar-refractivity contribution in [2.24, 2.45) is 0 Å². The Morgan fingerprint density at radius 3 is 1.12 bits per heavy atom. The lowest BCUT2D eigenvalue weighted by Crippen LogP contribution is -2.15. The molecule has 0 bridgehead atoms.